The van der Waals surface area contributed by atoms with Gasteiger partial charge in [-0.3, -0.25) is 0 Å². The molecule has 0 aromatic heterocycles. The van der Waals surface area contributed by atoms with Gasteiger partial charge in [0.25, 0.3) is 0 Å². The average molecular weight is 293 g/mol. The van der Waals surface area contributed by atoms with Gasteiger partial charge in [-0.25, -0.2) is 8.42 Å². The van der Waals surface area contributed by atoms with E-state index in [4.69, 9.17) is 28.5 Å². The summed E-state index contributed by atoms with van der Waals surface area (Å²) in [6.45, 7) is 1.66. The highest BCUT2D eigenvalue weighted by Gasteiger charge is 2.23. The van der Waals surface area contributed by atoms with Gasteiger partial charge in [0.2, 0.25) is 10.0 Å². The van der Waals surface area contributed by atoms with Crippen LogP contribution in [-0.4, -0.2) is 25.8 Å². The van der Waals surface area contributed by atoms with E-state index in [2.05, 4.69) is 0 Å². The summed E-state index contributed by atoms with van der Waals surface area (Å²) in [5.41, 5.74) is 0. The van der Waals surface area contributed by atoms with Gasteiger partial charge in [0, 0.05) is 16.6 Å². The molecule has 0 amide bonds. The van der Waals surface area contributed by atoms with Crippen molar-refractivity contribution in [2.75, 3.05) is 13.1 Å². The Kier molecular flexibility index (Phi) is 4.78. The van der Waals surface area contributed by atoms with Crippen LogP contribution < -0.4 is 0 Å². The Hall–Kier alpha value is -0.800. The average Bonchev–Trinajstić information content (AvgIpc) is 2.24. The van der Waals surface area contributed by atoms with Crippen molar-refractivity contribution in [1.29, 1.82) is 5.26 Å². The summed E-state index contributed by atoms with van der Waals surface area (Å²) in [5.74, 6) is 0. The molecule has 7 heteroatoms. The van der Waals surface area contributed by atoms with Crippen LogP contribution in [-0.2, 0) is 10.0 Å². The monoisotopic (exact) mass is 292 g/mol. The lowest BCUT2D eigenvalue weighted by atomic mass is 10.4. The van der Waals surface area contributed by atoms with Crippen LogP contribution in [0.4, 0.5) is 0 Å². The standard InChI is InChI=1S/C10H10Cl2N2O2S/c1-2-14(4-3-13)17(15,16)10-6-8(11)5-9(12)7-10/h5-7H,2,4H2,1H3. The van der Waals surface area contributed by atoms with E-state index in [0.717, 1.165) is 4.31 Å². The molecule has 0 atom stereocenters. The van der Waals surface area contributed by atoms with Crippen LogP contribution in [0.5, 0.6) is 0 Å². The van der Waals surface area contributed by atoms with Crippen molar-refractivity contribution >= 4 is 33.2 Å². The molecule has 4 nitrogen and oxygen atoms in total. The molecule has 0 spiro atoms. The summed E-state index contributed by atoms with van der Waals surface area (Å²) in [4.78, 5) is -0.00731. The van der Waals surface area contributed by atoms with Gasteiger partial charge in [0.1, 0.15) is 6.54 Å². The topological polar surface area (TPSA) is 61.2 Å². The molecule has 0 fully saturated rings. The maximum absolute atomic E-state index is 12.1. The summed E-state index contributed by atoms with van der Waals surface area (Å²) < 4.78 is 25.3. The van der Waals surface area contributed by atoms with E-state index >= 15 is 0 Å². The van der Waals surface area contributed by atoms with Crippen LogP contribution in [0, 0.1) is 11.3 Å². The van der Waals surface area contributed by atoms with E-state index in [1.165, 1.54) is 18.2 Å². The quantitative estimate of drug-likeness (QED) is 0.801. The molecule has 1 aromatic carbocycles. The van der Waals surface area contributed by atoms with Crippen LogP contribution in [0.3, 0.4) is 0 Å². The number of nitrogens with zero attached hydrogens (tertiary/aromatic N) is 2. The van der Waals surface area contributed by atoms with Gasteiger partial charge < -0.3 is 0 Å². The smallest absolute Gasteiger partial charge is 0.207 e. The first kappa shape index (κ1) is 14.3. The third-order valence-electron chi connectivity index (χ3n) is 2.07. The molecular weight excluding hydrogens is 283 g/mol. The first-order valence-electron chi connectivity index (χ1n) is 4.75. The number of rotatable bonds is 4. The van der Waals surface area contributed by atoms with Gasteiger partial charge >= 0.3 is 0 Å². The second-order valence-electron chi connectivity index (χ2n) is 3.19. The van der Waals surface area contributed by atoms with E-state index in [1.54, 1.807) is 13.0 Å². The Labute approximate surface area is 110 Å². The lowest BCUT2D eigenvalue weighted by Crippen LogP contribution is -2.31. The molecule has 0 N–H and O–H groups in total. The van der Waals surface area contributed by atoms with Crippen molar-refractivity contribution in [2.24, 2.45) is 0 Å². The number of halogens is 2. The van der Waals surface area contributed by atoms with Crippen LogP contribution in [0.15, 0.2) is 23.1 Å². The molecule has 1 rings (SSSR count). The van der Waals surface area contributed by atoms with Crippen molar-refractivity contribution in [3.05, 3.63) is 28.2 Å². The van der Waals surface area contributed by atoms with Crippen LogP contribution in [0.25, 0.3) is 0 Å². The molecule has 0 saturated carbocycles. The fraction of sp³-hybridized carbons (Fsp3) is 0.300. The summed E-state index contributed by atoms with van der Waals surface area (Å²) in [6.07, 6.45) is 0. The molecule has 0 saturated heterocycles. The van der Waals surface area contributed by atoms with E-state index < -0.39 is 10.0 Å². The highest BCUT2D eigenvalue weighted by atomic mass is 35.5. The Morgan fingerprint density at radius 2 is 1.82 bits per heavy atom. The fourth-order valence-electron chi connectivity index (χ4n) is 1.27. The van der Waals surface area contributed by atoms with Gasteiger partial charge in [-0.1, -0.05) is 30.1 Å². The largest absolute Gasteiger partial charge is 0.244 e. The Bertz CT molecular complexity index is 532. The molecular formula is C10H10Cl2N2O2S. The van der Waals surface area contributed by atoms with Crippen LogP contribution in [0.2, 0.25) is 10.0 Å². The zero-order valence-electron chi connectivity index (χ0n) is 9.02. The lowest BCUT2D eigenvalue weighted by Gasteiger charge is -2.17. The third kappa shape index (κ3) is 3.33. The molecule has 92 valence electrons. The van der Waals surface area contributed by atoms with E-state index in [-0.39, 0.29) is 28.0 Å². The number of nitriles is 1. The second-order valence-corrected chi connectivity index (χ2v) is 6.01. The summed E-state index contributed by atoms with van der Waals surface area (Å²) >= 11 is 11.5. The van der Waals surface area contributed by atoms with Crippen molar-refractivity contribution in [3.8, 4) is 6.07 Å². The second kappa shape index (κ2) is 5.69. The number of sulfonamides is 1. The first-order valence-corrected chi connectivity index (χ1v) is 6.94. The first-order chi connectivity index (χ1) is 7.91. The van der Waals surface area contributed by atoms with Crippen molar-refractivity contribution in [1.82, 2.24) is 4.31 Å². The van der Waals surface area contributed by atoms with Crippen molar-refractivity contribution < 1.29 is 8.42 Å². The molecule has 0 bridgehead atoms. The SMILES string of the molecule is CCN(CC#N)S(=O)(=O)c1cc(Cl)cc(Cl)c1. The molecule has 0 unspecified atom stereocenters. The third-order valence-corrected chi connectivity index (χ3v) is 4.41. The zero-order valence-corrected chi connectivity index (χ0v) is 11.3. The Morgan fingerprint density at radius 1 is 1.29 bits per heavy atom. The maximum atomic E-state index is 12.1. The van der Waals surface area contributed by atoms with Gasteiger partial charge in [0.15, 0.2) is 0 Å². The van der Waals surface area contributed by atoms with Gasteiger partial charge in [-0.05, 0) is 18.2 Å². The van der Waals surface area contributed by atoms with Gasteiger partial charge in [0.05, 0.1) is 11.0 Å². The molecule has 1 aromatic rings. The van der Waals surface area contributed by atoms with E-state index in [9.17, 15) is 8.42 Å². The summed E-state index contributed by atoms with van der Waals surface area (Å²) in [5, 5.41) is 9.06. The molecule has 0 aliphatic rings. The number of hydrogen-bond acceptors (Lipinski definition) is 3. The number of hydrogen-bond donors (Lipinski definition) is 0. The fourth-order valence-corrected chi connectivity index (χ4v) is 3.35. The van der Waals surface area contributed by atoms with Crippen LogP contribution in [0.1, 0.15) is 6.92 Å². The molecule has 0 heterocycles. The normalized spacial score (nSPS) is 11.5. The number of benzene rings is 1. The summed E-state index contributed by atoms with van der Waals surface area (Å²) in [6, 6.07) is 5.87. The zero-order chi connectivity index (χ0) is 13.1. The highest BCUT2D eigenvalue weighted by Crippen LogP contribution is 2.24. The highest BCUT2D eigenvalue weighted by molar-refractivity contribution is 7.89. The minimum absolute atomic E-state index is 0.00731. The molecule has 17 heavy (non-hydrogen) atoms. The van der Waals surface area contributed by atoms with E-state index in [0.29, 0.717) is 0 Å². The minimum Gasteiger partial charge on any atom is -0.207 e. The maximum Gasteiger partial charge on any atom is 0.244 e. The molecule has 0 aliphatic carbocycles. The molecule has 0 aliphatic heterocycles. The van der Waals surface area contributed by atoms with Crippen LogP contribution >= 0.6 is 23.2 Å². The minimum atomic E-state index is -3.72. The Morgan fingerprint density at radius 3 is 2.24 bits per heavy atom. The van der Waals surface area contributed by atoms with Gasteiger partial charge in [-0.2, -0.15) is 9.57 Å². The van der Waals surface area contributed by atoms with Crippen molar-refractivity contribution in [2.45, 2.75) is 11.8 Å². The Balaban J connectivity index is 3.25. The summed E-state index contributed by atoms with van der Waals surface area (Å²) in [7, 11) is -3.72. The van der Waals surface area contributed by atoms with E-state index in [1.807, 2.05) is 0 Å². The predicted octanol–water partition coefficient (Wildman–Crippen LogP) is 2.53. The van der Waals surface area contributed by atoms with Gasteiger partial charge in [-0.15, -0.1) is 0 Å². The lowest BCUT2D eigenvalue weighted by molar-refractivity contribution is 0.462. The molecule has 0 radical (unpaired) electrons. The predicted molar refractivity (Wildman–Crippen MR) is 66.5 cm³/mol. The van der Waals surface area contributed by atoms with Crippen molar-refractivity contribution in [3.63, 3.8) is 0 Å².